The fourth-order valence-corrected chi connectivity index (χ4v) is 3.76. The first kappa shape index (κ1) is 18.7. The van der Waals surface area contributed by atoms with Gasteiger partial charge in [-0.3, -0.25) is 14.5 Å². The van der Waals surface area contributed by atoms with Gasteiger partial charge in [-0.25, -0.2) is 4.79 Å². The predicted octanol–water partition coefficient (Wildman–Crippen LogP) is 2.43. The highest BCUT2D eigenvalue weighted by Crippen LogP contribution is 2.38. The summed E-state index contributed by atoms with van der Waals surface area (Å²) >= 11 is 0. The predicted molar refractivity (Wildman–Crippen MR) is 92.3 cm³/mol. The summed E-state index contributed by atoms with van der Waals surface area (Å²) in [5.41, 5.74) is -0.793. The molecule has 1 spiro atoms. The molecule has 3 unspecified atom stereocenters. The molecule has 1 heterocycles. The second kappa shape index (κ2) is 7.53. The highest BCUT2D eigenvalue weighted by molar-refractivity contribution is 6.09. The molecular weight excluding hydrogens is 306 g/mol. The van der Waals surface area contributed by atoms with Crippen molar-refractivity contribution in [2.24, 2.45) is 11.8 Å². The fraction of sp³-hybridized carbons (Fsp3) is 0.833. The highest BCUT2D eigenvalue weighted by Gasteiger charge is 2.55. The third-order valence-electron chi connectivity index (χ3n) is 5.39. The van der Waals surface area contributed by atoms with Gasteiger partial charge < -0.3 is 10.6 Å². The number of nitrogens with one attached hydrogen (secondary N) is 2. The van der Waals surface area contributed by atoms with Crippen molar-refractivity contribution in [1.82, 2.24) is 15.5 Å². The van der Waals surface area contributed by atoms with Gasteiger partial charge in [-0.15, -0.1) is 0 Å². The van der Waals surface area contributed by atoms with Crippen LogP contribution < -0.4 is 10.6 Å². The third-order valence-corrected chi connectivity index (χ3v) is 5.39. The van der Waals surface area contributed by atoms with E-state index in [9.17, 15) is 14.4 Å². The summed E-state index contributed by atoms with van der Waals surface area (Å²) in [7, 11) is 0. The van der Waals surface area contributed by atoms with E-state index in [1.807, 2.05) is 13.8 Å². The quantitative estimate of drug-likeness (QED) is 0.731. The smallest absolute Gasteiger partial charge is 0.325 e. The van der Waals surface area contributed by atoms with E-state index in [4.69, 9.17) is 0 Å². The molecule has 1 aliphatic heterocycles. The second-order valence-corrected chi connectivity index (χ2v) is 7.88. The van der Waals surface area contributed by atoms with Crippen molar-refractivity contribution >= 4 is 17.8 Å². The van der Waals surface area contributed by atoms with Crippen LogP contribution in [0.1, 0.15) is 66.2 Å². The fourth-order valence-electron chi connectivity index (χ4n) is 3.76. The lowest BCUT2D eigenvalue weighted by molar-refractivity contribution is -0.137. The van der Waals surface area contributed by atoms with Gasteiger partial charge >= 0.3 is 6.03 Å². The van der Waals surface area contributed by atoms with E-state index in [-0.39, 0.29) is 30.3 Å². The first-order chi connectivity index (χ1) is 11.3. The maximum absolute atomic E-state index is 12.8. The van der Waals surface area contributed by atoms with E-state index in [1.165, 1.54) is 0 Å². The van der Waals surface area contributed by atoms with E-state index in [0.717, 1.165) is 37.0 Å². The normalized spacial score (nSPS) is 28.4. The molecule has 1 saturated carbocycles. The Kier molecular flexibility index (Phi) is 5.88. The van der Waals surface area contributed by atoms with E-state index >= 15 is 0 Å². The van der Waals surface area contributed by atoms with Gasteiger partial charge in [-0.05, 0) is 44.4 Å². The maximum atomic E-state index is 12.8. The number of carbonyl (C=O) groups is 3. The topological polar surface area (TPSA) is 78.5 Å². The molecule has 0 aromatic carbocycles. The SMILES string of the molecule is CC(C)CCC(C)NC(=O)CN1C(=O)NC2(CCCCC2C)C1=O. The molecule has 3 atom stereocenters. The largest absolute Gasteiger partial charge is 0.352 e. The molecule has 2 fully saturated rings. The van der Waals surface area contributed by atoms with Crippen LogP contribution in [0.5, 0.6) is 0 Å². The standard InChI is InChI=1S/C18H31N3O3/c1-12(2)8-9-14(4)19-15(22)11-21-16(23)18(20-17(21)24)10-6-5-7-13(18)3/h12-14H,5-11H2,1-4H3,(H,19,22)(H,20,24). The first-order valence-corrected chi connectivity index (χ1v) is 9.19. The number of hydrogen-bond acceptors (Lipinski definition) is 3. The Morgan fingerprint density at radius 2 is 2.00 bits per heavy atom. The van der Waals surface area contributed by atoms with Crippen molar-refractivity contribution in [3.63, 3.8) is 0 Å². The Hall–Kier alpha value is -1.59. The summed E-state index contributed by atoms with van der Waals surface area (Å²) in [5, 5.41) is 5.77. The molecule has 0 radical (unpaired) electrons. The van der Waals surface area contributed by atoms with E-state index < -0.39 is 11.6 Å². The minimum atomic E-state index is -0.793. The minimum absolute atomic E-state index is 0.0447. The van der Waals surface area contributed by atoms with E-state index in [1.54, 1.807) is 0 Å². The molecular formula is C18H31N3O3. The molecule has 4 amide bonds. The summed E-state index contributed by atoms with van der Waals surface area (Å²) in [6.07, 6.45) is 5.54. The summed E-state index contributed by atoms with van der Waals surface area (Å²) in [6.45, 7) is 8.07. The van der Waals surface area contributed by atoms with Crippen molar-refractivity contribution < 1.29 is 14.4 Å². The van der Waals surface area contributed by atoms with Crippen LogP contribution in [-0.4, -0.2) is 40.9 Å². The highest BCUT2D eigenvalue weighted by atomic mass is 16.2. The van der Waals surface area contributed by atoms with Crippen LogP contribution in [-0.2, 0) is 9.59 Å². The number of urea groups is 1. The molecule has 24 heavy (non-hydrogen) atoms. The van der Waals surface area contributed by atoms with Crippen molar-refractivity contribution in [3.05, 3.63) is 0 Å². The summed E-state index contributed by atoms with van der Waals surface area (Å²) in [6, 6.07) is -0.387. The Bertz CT molecular complexity index is 506. The Balaban J connectivity index is 1.93. The molecule has 2 rings (SSSR count). The lowest BCUT2D eigenvalue weighted by Gasteiger charge is -2.36. The van der Waals surface area contributed by atoms with Crippen LogP contribution >= 0.6 is 0 Å². The number of amides is 4. The first-order valence-electron chi connectivity index (χ1n) is 9.19. The average molecular weight is 337 g/mol. The van der Waals surface area contributed by atoms with Crippen molar-refractivity contribution in [2.45, 2.75) is 77.8 Å². The zero-order valence-electron chi connectivity index (χ0n) is 15.4. The molecule has 2 N–H and O–H groups in total. The molecule has 6 nitrogen and oxygen atoms in total. The number of carbonyl (C=O) groups excluding carboxylic acids is 3. The van der Waals surface area contributed by atoms with E-state index in [2.05, 4.69) is 24.5 Å². The molecule has 1 saturated heterocycles. The zero-order chi connectivity index (χ0) is 17.9. The van der Waals surface area contributed by atoms with Gasteiger partial charge in [-0.1, -0.05) is 33.6 Å². The van der Waals surface area contributed by atoms with E-state index in [0.29, 0.717) is 12.3 Å². The minimum Gasteiger partial charge on any atom is -0.352 e. The lowest BCUT2D eigenvalue weighted by Crippen LogP contribution is -2.54. The number of nitrogens with zero attached hydrogens (tertiary/aromatic N) is 1. The summed E-state index contributed by atoms with van der Waals surface area (Å²) in [5.74, 6) is 0.198. The number of hydrogen-bond donors (Lipinski definition) is 2. The van der Waals surface area contributed by atoms with Gasteiger partial charge in [0.25, 0.3) is 5.91 Å². The monoisotopic (exact) mass is 337 g/mol. The Morgan fingerprint density at radius 3 is 2.62 bits per heavy atom. The molecule has 0 bridgehead atoms. The van der Waals surface area contributed by atoms with Gasteiger partial charge in [0.05, 0.1) is 0 Å². The third kappa shape index (κ3) is 3.90. The number of rotatable bonds is 6. The average Bonchev–Trinajstić information content (AvgIpc) is 2.73. The van der Waals surface area contributed by atoms with Crippen LogP contribution in [0.15, 0.2) is 0 Å². The lowest BCUT2D eigenvalue weighted by atomic mass is 9.73. The second-order valence-electron chi connectivity index (χ2n) is 7.88. The van der Waals surface area contributed by atoms with Gasteiger partial charge in [0, 0.05) is 6.04 Å². The molecule has 1 aliphatic carbocycles. The summed E-state index contributed by atoms with van der Waals surface area (Å²) in [4.78, 5) is 38.4. The zero-order valence-corrected chi connectivity index (χ0v) is 15.4. The molecule has 6 heteroatoms. The van der Waals surface area contributed by atoms with Crippen LogP contribution in [0.2, 0.25) is 0 Å². The summed E-state index contributed by atoms with van der Waals surface area (Å²) < 4.78 is 0. The van der Waals surface area contributed by atoms with Gasteiger partial charge in [0.15, 0.2) is 0 Å². The molecule has 2 aliphatic rings. The van der Waals surface area contributed by atoms with Gasteiger partial charge in [0.2, 0.25) is 5.91 Å². The van der Waals surface area contributed by atoms with Crippen LogP contribution in [0.4, 0.5) is 4.79 Å². The Morgan fingerprint density at radius 1 is 1.29 bits per heavy atom. The number of imide groups is 1. The van der Waals surface area contributed by atoms with Crippen LogP contribution in [0.25, 0.3) is 0 Å². The van der Waals surface area contributed by atoms with Crippen molar-refractivity contribution in [2.75, 3.05) is 6.54 Å². The van der Waals surface area contributed by atoms with Crippen LogP contribution in [0, 0.1) is 11.8 Å². The Labute approximate surface area is 144 Å². The van der Waals surface area contributed by atoms with Gasteiger partial charge in [-0.2, -0.15) is 0 Å². The molecule has 0 aromatic rings. The van der Waals surface area contributed by atoms with Crippen molar-refractivity contribution in [1.29, 1.82) is 0 Å². The van der Waals surface area contributed by atoms with Gasteiger partial charge in [0.1, 0.15) is 12.1 Å². The van der Waals surface area contributed by atoms with Crippen molar-refractivity contribution in [3.8, 4) is 0 Å². The maximum Gasteiger partial charge on any atom is 0.325 e. The van der Waals surface area contributed by atoms with Crippen LogP contribution in [0.3, 0.4) is 0 Å². The molecule has 136 valence electrons. The molecule has 0 aromatic heterocycles.